The molecule has 10 aromatic carbocycles. The topological polar surface area (TPSA) is 62.2 Å². The molecule has 762 valence electrons. The summed E-state index contributed by atoms with van der Waals surface area (Å²) in [6.45, 7) is 37.4. The summed E-state index contributed by atoms with van der Waals surface area (Å²) in [7, 11) is 17.1. The van der Waals surface area contributed by atoms with E-state index < -0.39 is 0 Å². The molecule has 0 spiro atoms. The van der Waals surface area contributed by atoms with Gasteiger partial charge in [0.05, 0.1) is 48.0 Å². The van der Waals surface area contributed by atoms with Crippen molar-refractivity contribution in [3.05, 3.63) is 464 Å². The van der Waals surface area contributed by atoms with Crippen molar-refractivity contribution < 1.29 is 27.4 Å². The van der Waals surface area contributed by atoms with Gasteiger partial charge in [0.25, 0.3) is 34.9 Å². The maximum Gasteiger partial charge on any atom is 0.283 e. The predicted molar refractivity (Wildman–Crippen MR) is 624 cm³/mol. The maximum atomic E-state index is 2.38. The van der Waals surface area contributed by atoms with Crippen molar-refractivity contribution in [2.75, 3.05) is 58.2 Å². The number of nitrogens with zero attached hydrogens (tertiary/aromatic N) is 18. The molecule has 12 heterocycles. The lowest BCUT2D eigenvalue weighted by atomic mass is 9.99. The van der Waals surface area contributed by atoms with Gasteiger partial charge in [0.1, 0.15) is 71.4 Å². The fourth-order valence-corrected chi connectivity index (χ4v) is 21.5. The standard InChI is InChI=1S/C25H28N3.C24H26N3.C23H24N3.C22H24N3.C20H26N3.C18H22N3/c1-18-10-6-7-13-22(18)23-14-9-15-24(26(23)5)27-16-17-28(21(27)4)25-19(2)11-8-12-20(25)3;1-18-12-14-21(15-13-18)26-16-17-27(20(26)3)24-11-7-10-23(25(24)4)22-9-6-5-8-19(22)2;1-18-10-7-8-13-21(18)22-14-9-15-23(24(22)3)26-17-16-25(19(26)2)20-11-5-4-6-12-20;1-16-14-18-8-5-6-9-19(18)15-20(16)21-10-7-11-22(24(21)4)25-13-12-23(3)17(25)2;1-15(2)22-13-14-23(17(22)4)20-12-8-11-19(21(20)5)18-10-7-6-9-16(18)3;1-14-8-5-6-9-16(14)17-10-7-11-18(20(17)4)21-13-12-19(3)15(21)2/h6-17,21H,1-5H3;5-17,20H,1-4H3;4-17,19H,1-3H3;5-15,17H,1-4H3;6-15,17H,1-5H3;5-13,15H,1-4H3/q6*+1/t21-;20-;19-;2*17-;15-/m100000/s1. The van der Waals surface area contributed by atoms with E-state index in [2.05, 4.69) is 674 Å². The maximum absolute atomic E-state index is 2.38. The Balaban J connectivity index is 0.000000123. The van der Waals surface area contributed by atoms with Gasteiger partial charge in [-0.15, -0.1) is 0 Å². The van der Waals surface area contributed by atoms with Crippen LogP contribution < -0.4 is 71.5 Å². The van der Waals surface area contributed by atoms with Gasteiger partial charge in [-0.2, -0.15) is 0 Å². The van der Waals surface area contributed by atoms with E-state index in [-0.39, 0.29) is 18.5 Å². The number of aryl methyl sites for hydroxylation is 9. The molecule has 0 unspecified atom stereocenters. The molecule has 0 saturated carbocycles. The molecular weight excluding hydrogens is 1840 g/mol. The largest absolute Gasteiger partial charge is 0.339 e. The Hall–Kier alpha value is -16.6. The first-order chi connectivity index (χ1) is 72.4. The Labute approximate surface area is 892 Å². The molecule has 150 heavy (non-hydrogen) atoms. The molecule has 0 bridgehead atoms. The van der Waals surface area contributed by atoms with Gasteiger partial charge in [0, 0.05) is 138 Å². The molecule has 18 nitrogen and oxygen atoms in total. The number of anilines is 9. The molecule has 0 radical (unpaired) electrons. The van der Waals surface area contributed by atoms with E-state index in [4.69, 9.17) is 0 Å². The van der Waals surface area contributed by atoms with Crippen molar-refractivity contribution in [1.29, 1.82) is 0 Å². The number of benzene rings is 10. The number of hydrogen-bond acceptors (Lipinski definition) is 12. The molecule has 6 aliphatic heterocycles. The first-order valence-electron chi connectivity index (χ1n) is 52.7. The summed E-state index contributed by atoms with van der Waals surface area (Å²) in [6.07, 6.45) is 27.6. The van der Waals surface area contributed by atoms with Gasteiger partial charge in [-0.05, 0) is 276 Å². The van der Waals surface area contributed by atoms with E-state index in [9.17, 15) is 0 Å². The first kappa shape index (κ1) is 105. The molecule has 0 aliphatic carbocycles. The number of hydrogen-bond donors (Lipinski definition) is 0. The monoisotopic (exact) mass is 1990 g/mol. The lowest BCUT2D eigenvalue weighted by molar-refractivity contribution is -0.647. The summed E-state index contributed by atoms with van der Waals surface area (Å²) in [5, 5.41) is 2.57. The van der Waals surface area contributed by atoms with Crippen LogP contribution in [-0.2, 0) is 42.3 Å². The zero-order chi connectivity index (χ0) is 106. The number of pyridine rings is 6. The highest BCUT2D eigenvalue weighted by molar-refractivity contribution is 5.88. The minimum absolute atomic E-state index is 0.207. The third kappa shape index (κ3) is 21.9. The van der Waals surface area contributed by atoms with E-state index in [1.54, 1.807) is 0 Å². The van der Waals surface area contributed by atoms with Gasteiger partial charge in [-0.1, -0.05) is 206 Å². The predicted octanol–water partition coefficient (Wildman–Crippen LogP) is 25.9. The number of aromatic nitrogens is 6. The van der Waals surface area contributed by atoms with Crippen LogP contribution in [0.25, 0.3) is 78.3 Å². The average molecular weight is 1990 g/mol. The quantitative estimate of drug-likeness (QED) is 0.0866. The highest BCUT2D eigenvalue weighted by Crippen LogP contribution is 2.39. The van der Waals surface area contributed by atoms with Crippen molar-refractivity contribution >= 4 is 62.7 Å². The molecule has 0 saturated heterocycles. The van der Waals surface area contributed by atoms with Crippen LogP contribution in [0.2, 0.25) is 0 Å². The third-order valence-corrected chi connectivity index (χ3v) is 30.7. The molecule has 0 fully saturated rings. The second-order valence-electron chi connectivity index (χ2n) is 40.6. The normalized spacial score (nSPS) is 16.7. The molecular formula is C132H150N18+6. The number of para-hydroxylation sites is 2. The van der Waals surface area contributed by atoms with Gasteiger partial charge in [-0.3, -0.25) is 0 Å². The third-order valence-electron chi connectivity index (χ3n) is 30.7. The second kappa shape index (κ2) is 46.2. The van der Waals surface area contributed by atoms with Crippen LogP contribution in [0.4, 0.5) is 52.0 Å². The molecule has 6 aromatic heterocycles. The molecule has 22 rings (SSSR count). The van der Waals surface area contributed by atoms with E-state index in [1.807, 2.05) is 0 Å². The summed E-state index contributed by atoms with van der Waals surface area (Å²) in [5.41, 5.74) is 30.4. The lowest BCUT2D eigenvalue weighted by Crippen LogP contribution is -2.45. The Bertz CT molecular complexity index is 7690. The SMILES string of the molecule is Cc1cc2ccccc2cc1-c1cccc(N2C=CN(C)[C@@H]2C)[n+]1C.Cc1ccc(N2C=CN(c3cccc(-c4ccccc4C)[n+]3C)[C@H]2C)cc1.Cc1ccccc1-c1cccc(N2C=CN(C(C)C)[C@@H]2C)[n+]1C.Cc1ccccc1-c1cccc(N2C=CN(C)[C@@H]2C)[n+]1C.Cc1ccccc1-c1cccc(N2C=CN(c3c(C)cccc3C)[C@@H]2C)[n+]1C.Cc1ccccc1-c1cccc(N2C=CN(c3ccccc3)[C@@H]2C)[n+]1C. The van der Waals surface area contributed by atoms with E-state index >= 15 is 0 Å². The van der Waals surface area contributed by atoms with Gasteiger partial charge < -0.3 is 29.4 Å². The van der Waals surface area contributed by atoms with Gasteiger partial charge >= 0.3 is 0 Å². The fraction of sp³-hybridized carbons (Fsp3) is 0.242. The summed E-state index contributed by atoms with van der Waals surface area (Å²) < 4.78 is 13.7. The smallest absolute Gasteiger partial charge is 0.283 e. The Morgan fingerprint density at radius 1 is 0.200 bits per heavy atom. The Morgan fingerprint density at radius 2 is 0.447 bits per heavy atom. The zero-order valence-electron chi connectivity index (χ0n) is 92.4. The first-order valence-corrected chi connectivity index (χ1v) is 52.7. The Kier molecular flexibility index (Phi) is 32.3. The van der Waals surface area contributed by atoms with Gasteiger partial charge in [0.2, 0.25) is 0 Å². The summed E-state index contributed by atoms with van der Waals surface area (Å²) in [4.78, 5) is 27.7. The van der Waals surface area contributed by atoms with Crippen LogP contribution in [0.1, 0.15) is 105 Å². The Morgan fingerprint density at radius 3 is 0.760 bits per heavy atom. The van der Waals surface area contributed by atoms with Crippen LogP contribution >= 0.6 is 0 Å². The molecule has 18 heteroatoms. The highest BCUT2D eigenvalue weighted by atomic mass is 15.5. The zero-order valence-corrected chi connectivity index (χ0v) is 92.4. The molecule has 0 N–H and O–H groups in total. The summed E-state index contributed by atoms with van der Waals surface area (Å²) in [5.74, 6) is 7.12. The van der Waals surface area contributed by atoms with Crippen LogP contribution in [0, 0.1) is 62.3 Å². The molecule has 0 amide bonds. The highest BCUT2D eigenvalue weighted by Gasteiger charge is 2.40. The van der Waals surface area contributed by atoms with Crippen molar-refractivity contribution in [1.82, 2.24) is 14.7 Å². The fourth-order valence-electron chi connectivity index (χ4n) is 21.5. The average Bonchev–Trinajstić information content (AvgIpc) is 1.64. The van der Waals surface area contributed by atoms with Crippen LogP contribution in [0.3, 0.4) is 0 Å². The van der Waals surface area contributed by atoms with Crippen molar-refractivity contribution in [2.24, 2.45) is 42.3 Å². The minimum atomic E-state index is 0.207. The van der Waals surface area contributed by atoms with Crippen molar-refractivity contribution in [2.45, 2.75) is 161 Å². The summed E-state index contributed by atoms with van der Waals surface area (Å²) >= 11 is 0. The van der Waals surface area contributed by atoms with Gasteiger partial charge in [0.15, 0.2) is 37.0 Å². The van der Waals surface area contributed by atoms with E-state index in [0.29, 0.717) is 24.5 Å². The van der Waals surface area contributed by atoms with E-state index in [1.165, 1.54) is 180 Å². The summed E-state index contributed by atoms with van der Waals surface area (Å²) in [6, 6.07) is 121. The van der Waals surface area contributed by atoms with Crippen LogP contribution in [0.5, 0.6) is 0 Å². The number of rotatable bonds is 16. The van der Waals surface area contributed by atoms with Crippen molar-refractivity contribution in [3.8, 4) is 67.5 Å². The van der Waals surface area contributed by atoms with Crippen LogP contribution in [-0.4, -0.2) is 71.8 Å². The molecule has 6 aliphatic rings. The van der Waals surface area contributed by atoms with Crippen LogP contribution in [0.15, 0.2) is 414 Å². The lowest BCUT2D eigenvalue weighted by Gasteiger charge is -2.28. The minimum Gasteiger partial charge on any atom is -0.339 e. The van der Waals surface area contributed by atoms with Crippen molar-refractivity contribution in [3.63, 3.8) is 0 Å². The number of fused-ring (bicyclic) bond motifs is 1. The second-order valence-corrected chi connectivity index (χ2v) is 40.6. The molecule has 16 aromatic rings. The van der Waals surface area contributed by atoms with Gasteiger partial charge in [-0.25, -0.2) is 56.8 Å². The molecule has 6 atom stereocenters. The van der Waals surface area contributed by atoms with E-state index in [0.717, 1.165) is 0 Å².